The van der Waals surface area contributed by atoms with Crippen molar-refractivity contribution in [3.8, 4) is 0 Å². The highest BCUT2D eigenvalue weighted by molar-refractivity contribution is 6.05. The molecule has 2 aliphatic rings. The Morgan fingerprint density at radius 1 is 1.21 bits per heavy atom. The Morgan fingerprint density at radius 3 is 2.75 bits per heavy atom. The van der Waals surface area contributed by atoms with E-state index in [0.29, 0.717) is 42.5 Å². The first kappa shape index (κ1) is 18.2. The van der Waals surface area contributed by atoms with Gasteiger partial charge in [0.2, 0.25) is 0 Å². The first-order valence-electron chi connectivity index (χ1n) is 9.15. The Morgan fingerprint density at radius 2 is 2.07 bits per heavy atom. The van der Waals surface area contributed by atoms with Crippen molar-refractivity contribution >= 4 is 23.4 Å². The highest BCUT2D eigenvalue weighted by Gasteiger charge is 2.25. The summed E-state index contributed by atoms with van der Waals surface area (Å²) in [5.41, 5.74) is 0.857. The number of carbonyl (C=O) groups excluding carboxylic acids is 2. The highest BCUT2D eigenvalue weighted by atomic mass is 16.6. The molecule has 146 valence electrons. The van der Waals surface area contributed by atoms with Crippen molar-refractivity contribution in [1.82, 2.24) is 0 Å². The van der Waals surface area contributed by atoms with Crippen molar-refractivity contribution in [2.45, 2.75) is 25.9 Å². The lowest BCUT2D eigenvalue weighted by Crippen LogP contribution is -2.25. The van der Waals surface area contributed by atoms with Gasteiger partial charge in [0.1, 0.15) is 24.0 Å². The van der Waals surface area contributed by atoms with Crippen LogP contribution in [0.5, 0.6) is 0 Å². The average Bonchev–Trinajstić information content (AvgIpc) is 3.33. The minimum absolute atomic E-state index is 0.0484. The molecule has 4 rings (SSSR count). The van der Waals surface area contributed by atoms with Crippen molar-refractivity contribution in [2.75, 3.05) is 30.0 Å². The summed E-state index contributed by atoms with van der Waals surface area (Å²) in [7, 11) is 0. The number of rotatable bonds is 4. The molecule has 1 aromatic carbocycles. The number of amides is 2. The number of nitrogens with one attached hydrogen (secondary N) is 1. The molecule has 1 aromatic heterocycles. The SMILES string of the molecule is Cc1cc(C2CCCO2)oc(=O)c1C(=O)Nc1cccc(N2CCOC2=O)c1. The van der Waals surface area contributed by atoms with Gasteiger partial charge in [-0.2, -0.15) is 0 Å². The molecule has 0 radical (unpaired) electrons. The molecule has 3 heterocycles. The molecule has 0 spiro atoms. The molecule has 0 aliphatic carbocycles. The van der Waals surface area contributed by atoms with Crippen LogP contribution < -0.4 is 15.8 Å². The molecule has 0 bridgehead atoms. The predicted molar refractivity (Wildman–Crippen MR) is 101 cm³/mol. The second-order valence-corrected chi connectivity index (χ2v) is 6.77. The van der Waals surface area contributed by atoms with E-state index in [-0.39, 0.29) is 11.7 Å². The summed E-state index contributed by atoms with van der Waals surface area (Å²) in [5.74, 6) is -0.114. The van der Waals surface area contributed by atoms with Gasteiger partial charge >= 0.3 is 11.7 Å². The van der Waals surface area contributed by atoms with Gasteiger partial charge in [-0.05, 0) is 49.6 Å². The number of cyclic esters (lactones) is 1. The molecule has 8 heteroatoms. The topological polar surface area (TPSA) is 98.1 Å². The molecule has 2 aliphatic heterocycles. The van der Waals surface area contributed by atoms with E-state index in [1.807, 2.05) is 0 Å². The van der Waals surface area contributed by atoms with Crippen LogP contribution in [0, 0.1) is 6.92 Å². The van der Waals surface area contributed by atoms with Crippen molar-refractivity contribution in [2.24, 2.45) is 0 Å². The number of carbonyl (C=O) groups is 2. The number of aryl methyl sites for hydroxylation is 1. The lowest BCUT2D eigenvalue weighted by molar-refractivity contribution is 0.0895. The normalized spacial score (nSPS) is 19.0. The van der Waals surface area contributed by atoms with Crippen LogP contribution in [0.2, 0.25) is 0 Å². The summed E-state index contributed by atoms with van der Waals surface area (Å²) >= 11 is 0. The Hall–Kier alpha value is -3.13. The van der Waals surface area contributed by atoms with Crippen molar-refractivity contribution in [3.63, 3.8) is 0 Å². The molecule has 2 saturated heterocycles. The fourth-order valence-electron chi connectivity index (χ4n) is 3.44. The smallest absolute Gasteiger partial charge is 0.414 e. The zero-order valence-corrected chi connectivity index (χ0v) is 15.4. The monoisotopic (exact) mass is 384 g/mol. The fourth-order valence-corrected chi connectivity index (χ4v) is 3.44. The summed E-state index contributed by atoms with van der Waals surface area (Å²) in [4.78, 5) is 38.3. The van der Waals surface area contributed by atoms with Crippen LogP contribution in [-0.4, -0.2) is 31.8 Å². The highest BCUT2D eigenvalue weighted by Crippen LogP contribution is 2.29. The summed E-state index contributed by atoms with van der Waals surface area (Å²) in [5, 5.41) is 2.70. The number of anilines is 2. The Labute approximate surface area is 161 Å². The van der Waals surface area contributed by atoms with E-state index in [1.165, 1.54) is 4.90 Å². The van der Waals surface area contributed by atoms with Crippen molar-refractivity contribution in [1.29, 1.82) is 0 Å². The van der Waals surface area contributed by atoms with E-state index < -0.39 is 17.6 Å². The molecular weight excluding hydrogens is 364 g/mol. The maximum absolute atomic E-state index is 12.7. The molecule has 8 nitrogen and oxygen atoms in total. The number of hydrogen-bond donors (Lipinski definition) is 1. The molecule has 2 amide bonds. The largest absolute Gasteiger partial charge is 0.447 e. The Kier molecular flexibility index (Phi) is 4.87. The molecule has 28 heavy (non-hydrogen) atoms. The van der Waals surface area contributed by atoms with Gasteiger partial charge in [-0.15, -0.1) is 0 Å². The van der Waals surface area contributed by atoms with Gasteiger partial charge in [0.05, 0.1) is 6.54 Å². The second kappa shape index (κ2) is 7.47. The summed E-state index contributed by atoms with van der Waals surface area (Å²) in [6.07, 6.45) is 1.04. The van der Waals surface area contributed by atoms with E-state index in [1.54, 1.807) is 37.3 Å². The maximum atomic E-state index is 12.7. The van der Waals surface area contributed by atoms with E-state index in [9.17, 15) is 14.4 Å². The quantitative estimate of drug-likeness (QED) is 0.870. The first-order valence-corrected chi connectivity index (χ1v) is 9.15. The van der Waals surface area contributed by atoms with Gasteiger partial charge in [-0.25, -0.2) is 9.59 Å². The van der Waals surface area contributed by atoms with Crippen LogP contribution in [-0.2, 0) is 9.47 Å². The maximum Gasteiger partial charge on any atom is 0.414 e. The lowest BCUT2D eigenvalue weighted by Gasteiger charge is -2.14. The molecule has 1 N–H and O–H groups in total. The van der Waals surface area contributed by atoms with Crippen LogP contribution in [0.1, 0.15) is 40.6 Å². The zero-order valence-electron chi connectivity index (χ0n) is 15.4. The van der Waals surface area contributed by atoms with E-state index in [4.69, 9.17) is 13.9 Å². The minimum Gasteiger partial charge on any atom is -0.447 e. The van der Waals surface area contributed by atoms with E-state index >= 15 is 0 Å². The minimum atomic E-state index is -0.692. The van der Waals surface area contributed by atoms with Crippen molar-refractivity contribution in [3.05, 3.63) is 57.6 Å². The summed E-state index contributed by atoms with van der Waals surface area (Å²) in [6.45, 7) is 3.11. The van der Waals surface area contributed by atoms with Gasteiger partial charge in [-0.3, -0.25) is 9.69 Å². The van der Waals surface area contributed by atoms with E-state index in [0.717, 1.165) is 12.8 Å². The van der Waals surface area contributed by atoms with Crippen LogP contribution in [0.3, 0.4) is 0 Å². The van der Waals surface area contributed by atoms with Gasteiger partial charge in [0.15, 0.2) is 0 Å². The molecule has 2 fully saturated rings. The van der Waals surface area contributed by atoms with Crippen molar-refractivity contribution < 1.29 is 23.5 Å². The molecule has 1 atom stereocenters. The number of benzene rings is 1. The van der Waals surface area contributed by atoms with Gasteiger partial charge in [-0.1, -0.05) is 6.07 Å². The standard InChI is InChI=1S/C20H20N2O6/c1-12-10-16(15-6-3-8-26-15)28-19(24)17(12)18(23)21-13-4-2-5-14(11-13)22-7-9-27-20(22)25/h2,4-5,10-11,15H,3,6-9H2,1H3,(H,21,23). The third kappa shape index (κ3) is 3.50. The summed E-state index contributed by atoms with van der Waals surface area (Å²) in [6, 6.07) is 8.48. The summed E-state index contributed by atoms with van der Waals surface area (Å²) < 4.78 is 15.8. The Balaban J connectivity index is 1.55. The Bertz CT molecular complexity index is 977. The third-order valence-electron chi connectivity index (χ3n) is 4.82. The van der Waals surface area contributed by atoms with Gasteiger partial charge < -0.3 is 19.2 Å². The first-order chi connectivity index (χ1) is 13.5. The second-order valence-electron chi connectivity index (χ2n) is 6.77. The van der Waals surface area contributed by atoms with Crippen LogP contribution in [0.25, 0.3) is 0 Å². The third-order valence-corrected chi connectivity index (χ3v) is 4.82. The molecule has 0 saturated carbocycles. The average molecular weight is 384 g/mol. The van der Waals surface area contributed by atoms with E-state index in [2.05, 4.69) is 5.32 Å². The number of nitrogens with zero attached hydrogens (tertiary/aromatic N) is 1. The zero-order chi connectivity index (χ0) is 19.7. The van der Waals surface area contributed by atoms with Gasteiger partial charge in [0.25, 0.3) is 5.91 Å². The molecule has 1 unspecified atom stereocenters. The molecular formula is C20H20N2O6. The molecule has 2 aromatic rings. The number of hydrogen-bond acceptors (Lipinski definition) is 6. The lowest BCUT2D eigenvalue weighted by atomic mass is 10.1. The van der Waals surface area contributed by atoms with Gasteiger partial charge in [0, 0.05) is 18.0 Å². The van der Waals surface area contributed by atoms with Crippen LogP contribution in [0.4, 0.5) is 16.2 Å². The van der Waals surface area contributed by atoms with Crippen LogP contribution in [0.15, 0.2) is 39.5 Å². The van der Waals surface area contributed by atoms with Crippen LogP contribution >= 0.6 is 0 Å². The number of ether oxygens (including phenoxy) is 2. The fraction of sp³-hybridized carbons (Fsp3) is 0.350. The predicted octanol–water partition coefficient (Wildman–Crippen LogP) is 3.01.